The Labute approximate surface area is 101 Å². The van der Waals surface area contributed by atoms with Crippen LogP contribution in [0.5, 0.6) is 5.75 Å². The number of anilines is 1. The smallest absolute Gasteiger partial charge is 0.157 e. The van der Waals surface area contributed by atoms with Crippen molar-refractivity contribution < 1.29 is 4.74 Å². The van der Waals surface area contributed by atoms with E-state index < -0.39 is 0 Å². The van der Waals surface area contributed by atoms with Crippen LogP contribution in [0.15, 0.2) is 42.7 Å². The number of hydrogen-bond acceptors (Lipinski definition) is 3. The summed E-state index contributed by atoms with van der Waals surface area (Å²) in [5.74, 6) is 0.826. The van der Waals surface area contributed by atoms with Gasteiger partial charge >= 0.3 is 0 Å². The molecule has 90 valence electrons. The molecule has 0 saturated heterocycles. The number of nitrogens with zero attached hydrogens (tertiary/aromatic N) is 2. The van der Waals surface area contributed by atoms with E-state index in [1.54, 1.807) is 10.9 Å². The van der Waals surface area contributed by atoms with Gasteiger partial charge in [-0.05, 0) is 18.6 Å². The van der Waals surface area contributed by atoms with Crippen LogP contribution in [0, 0.1) is 0 Å². The van der Waals surface area contributed by atoms with Crippen LogP contribution in [0.1, 0.15) is 6.42 Å². The summed E-state index contributed by atoms with van der Waals surface area (Å²) in [6.07, 6.45) is 4.55. The largest absolute Gasteiger partial charge is 0.490 e. The minimum Gasteiger partial charge on any atom is -0.490 e. The highest BCUT2D eigenvalue weighted by Crippen LogP contribution is 2.08. The third kappa shape index (κ3) is 3.83. The van der Waals surface area contributed by atoms with Crippen LogP contribution in [0.25, 0.3) is 0 Å². The second-order valence-electron chi connectivity index (χ2n) is 3.84. The van der Waals surface area contributed by atoms with Crippen molar-refractivity contribution in [1.82, 2.24) is 9.78 Å². The van der Waals surface area contributed by atoms with Crippen LogP contribution in [0.2, 0.25) is 0 Å². The zero-order valence-corrected chi connectivity index (χ0v) is 9.97. The van der Waals surface area contributed by atoms with Crippen molar-refractivity contribution >= 4 is 5.69 Å². The number of hydrogen-bond donors (Lipinski definition) is 1. The molecule has 0 unspecified atom stereocenters. The van der Waals surface area contributed by atoms with Crippen LogP contribution >= 0.6 is 0 Å². The molecule has 2 rings (SSSR count). The summed E-state index contributed by atoms with van der Waals surface area (Å²) in [5.41, 5.74) is 1.15. The molecular weight excluding hydrogens is 214 g/mol. The van der Waals surface area contributed by atoms with Gasteiger partial charge in [-0.25, -0.2) is 0 Å². The number of aromatic nitrogens is 2. The molecule has 1 N–H and O–H groups in total. The summed E-state index contributed by atoms with van der Waals surface area (Å²) in [7, 11) is 1.88. The van der Waals surface area contributed by atoms with Gasteiger partial charge in [-0.1, -0.05) is 18.2 Å². The van der Waals surface area contributed by atoms with E-state index in [1.807, 2.05) is 31.4 Å². The lowest BCUT2D eigenvalue weighted by Gasteiger charge is -2.06. The van der Waals surface area contributed by atoms with Crippen molar-refractivity contribution in [1.29, 1.82) is 0 Å². The molecule has 0 fully saturated rings. The van der Waals surface area contributed by atoms with Gasteiger partial charge < -0.3 is 10.1 Å². The molecule has 0 radical (unpaired) electrons. The summed E-state index contributed by atoms with van der Waals surface area (Å²) in [4.78, 5) is 0. The summed E-state index contributed by atoms with van der Waals surface area (Å²) < 4.78 is 7.28. The molecule has 1 aromatic heterocycles. The van der Waals surface area contributed by atoms with Crippen molar-refractivity contribution in [3.8, 4) is 5.75 Å². The maximum Gasteiger partial charge on any atom is 0.157 e. The van der Waals surface area contributed by atoms with E-state index in [9.17, 15) is 0 Å². The van der Waals surface area contributed by atoms with E-state index >= 15 is 0 Å². The van der Waals surface area contributed by atoms with Crippen LogP contribution in [-0.4, -0.2) is 22.9 Å². The van der Waals surface area contributed by atoms with E-state index in [4.69, 9.17) is 4.74 Å². The second kappa shape index (κ2) is 5.94. The minimum absolute atomic E-state index is 0.700. The van der Waals surface area contributed by atoms with Gasteiger partial charge in [-0.15, -0.1) is 0 Å². The Balaban J connectivity index is 1.61. The Morgan fingerprint density at radius 1 is 1.29 bits per heavy atom. The summed E-state index contributed by atoms with van der Waals surface area (Å²) in [6, 6.07) is 10.2. The molecule has 17 heavy (non-hydrogen) atoms. The number of ether oxygens (including phenoxy) is 1. The van der Waals surface area contributed by atoms with Gasteiger partial charge in [0.2, 0.25) is 0 Å². The number of aryl methyl sites for hydroxylation is 1. The summed E-state index contributed by atoms with van der Waals surface area (Å²) in [5, 5.41) is 7.37. The fraction of sp³-hybridized carbons (Fsp3) is 0.308. The van der Waals surface area contributed by atoms with Crippen molar-refractivity contribution in [2.24, 2.45) is 7.05 Å². The lowest BCUT2D eigenvalue weighted by atomic mass is 10.3. The molecule has 0 bridgehead atoms. The normalized spacial score (nSPS) is 10.2. The van der Waals surface area contributed by atoms with Gasteiger partial charge in [0.25, 0.3) is 0 Å². The first-order valence-corrected chi connectivity index (χ1v) is 5.75. The first-order chi connectivity index (χ1) is 8.34. The zero-order chi connectivity index (χ0) is 11.9. The Kier molecular flexibility index (Phi) is 4.02. The monoisotopic (exact) mass is 231 g/mol. The standard InChI is InChI=1S/C13H17N3O/c1-16-11-13(10-15-16)17-9-5-8-14-12-6-3-2-4-7-12/h2-4,6-7,10-11,14H,5,8-9H2,1H3. The topological polar surface area (TPSA) is 39.1 Å². The number of nitrogens with one attached hydrogen (secondary N) is 1. The van der Waals surface area contributed by atoms with Gasteiger partial charge in [0.05, 0.1) is 19.0 Å². The molecule has 1 aromatic carbocycles. The van der Waals surface area contributed by atoms with Crippen molar-refractivity contribution in [3.63, 3.8) is 0 Å². The maximum atomic E-state index is 5.54. The third-order valence-electron chi connectivity index (χ3n) is 2.37. The fourth-order valence-electron chi connectivity index (χ4n) is 1.52. The minimum atomic E-state index is 0.700. The van der Waals surface area contributed by atoms with E-state index in [-0.39, 0.29) is 0 Å². The molecule has 0 spiro atoms. The third-order valence-corrected chi connectivity index (χ3v) is 2.37. The average Bonchev–Trinajstić information content (AvgIpc) is 2.76. The van der Waals surface area contributed by atoms with E-state index in [1.165, 1.54) is 0 Å². The molecule has 4 heteroatoms. The fourth-order valence-corrected chi connectivity index (χ4v) is 1.52. The predicted molar refractivity (Wildman–Crippen MR) is 68.3 cm³/mol. The first kappa shape index (κ1) is 11.5. The second-order valence-corrected chi connectivity index (χ2v) is 3.84. The molecule has 4 nitrogen and oxygen atoms in total. The molecular formula is C13H17N3O. The van der Waals surface area contributed by atoms with E-state index in [0.29, 0.717) is 6.61 Å². The van der Waals surface area contributed by atoms with Crippen molar-refractivity contribution in [2.45, 2.75) is 6.42 Å². The number of rotatable bonds is 6. The number of benzene rings is 1. The molecule has 0 aliphatic heterocycles. The van der Waals surface area contributed by atoms with E-state index in [2.05, 4.69) is 22.5 Å². The molecule has 0 aliphatic rings. The maximum absolute atomic E-state index is 5.54. The van der Waals surface area contributed by atoms with Gasteiger partial charge in [-0.2, -0.15) is 5.10 Å². The molecule has 0 aliphatic carbocycles. The highest BCUT2D eigenvalue weighted by atomic mass is 16.5. The van der Waals surface area contributed by atoms with Crippen molar-refractivity contribution in [3.05, 3.63) is 42.7 Å². The van der Waals surface area contributed by atoms with Crippen LogP contribution in [-0.2, 0) is 7.05 Å². The average molecular weight is 231 g/mol. The van der Waals surface area contributed by atoms with Gasteiger partial charge in [0, 0.05) is 19.3 Å². The Bertz CT molecular complexity index is 439. The molecule has 2 aromatic rings. The Hall–Kier alpha value is -1.97. The lowest BCUT2D eigenvalue weighted by molar-refractivity contribution is 0.314. The molecule has 0 saturated carbocycles. The highest BCUT2D eigenvalue weighted by Gasteiger charge is 1.96. The molecule has 0 amide bonds. The van der Waals surface area contributed by atoms with Gasteiger partial charge in [0.15, 0.2) is 5.75 Å². The lowest BCUT2D eigenvalue weighted by Crippen LogP contribution is -2.06. The Morgan fingerprint density at radius 2 is 2.12 bits per heavy atom. The molecule has 0 atom stereocenters. The molecule has 1 heterocycles. The van der Waals surface area contributed by atoms with Crippen molar-refractivity contribution in [2.75, 3.05) is 18.5 Å². The van der Waals surface area contributed by atoms with Crippen LogP contribution in [0.4, 0.5) is 5.69 Å². The van der Waals surface area contributed by atoms with Crippen LogP contribution < -0.4 is 10.1 Å². The number of para-hydroxylation sites is 1. The van der Waals surface area contributed by atoms with Gasteiger partial charge in [-0.3, -0.25) is 4.68 Å². The van der Waals surface area contributed by atoms with E-state index in [0.717, 1.165) is 24.4 Å². The van der Waals surface area contributed by atoms with Crippen LogP contribution in [0.3, 0.4) is 0 Å². The quantitative estimate of drug-likeness (QED) is 0.775. The summed E-state index contributed by atoms with van der Waals surface area (Å²) in [6.45, 7) is 1.61. The zero-order valence-electron chi connectivity index (χ0n) is 9.97. The Morgan fingerprint density at radius 3 is 2.82 bits per heavy atom. The first-order valence-electron chi connectivity index (χ1n) is 5.75. The van der Waals surface area contributed by atoms with Gasteiger partial charge in [0.1, 0.15) is 0 Å². The highest BCUT2D eigenvalue weighted by molar-refractivity contribution is 5.42. The predicted octanol–water partition coefficient (Wildman–Crippen LogP) is 2.30. The SMILES string of the molecule is Cn1cc(OCCCNc2ccccc2)cn1. The summed E-state index contributed by atoms with van der Waals surface area (Å²) >= 11 is 0.